The number of hydrogen-bond acceptors (Lipinski definition) is 5. The molecule has 0 saturated heterocycles. The lowest BCUT2D eigenvalue weighted by Gasteiger charge is -2.35. The van der Waals surface area contributed by atoms with Crippen LogP contribution in [-0.2, 0) is 0 Å². The normalized spacial score (nSPS) is 12.9. The molecule has 0 spiro atoms. The van der Waals surface area contributed by atoms with Gasteiger partial charge in [-0.3, -0.25) is 4.79 Å². The molecule has 2 heterocycles. The molecular formula is C23H27F2N5O2. The Balaban J connectivity index is 1.85. The van der Waals surface area contributed by atoms with Gasteiger partial charge >= 0.3 is 0 Å². The van der Waals surface area contributed by atoms with Gasteiger partial charge in [0.25, 0.3) is 5.91 Å². The fourth-order valence-corrected chi connectivity index (χ4v) is 3.74. The average Bonchev–Trinajstić information content (AvgIpc) is 3.33. The Bertz CT molecular complexity index is 1010. The van der Waals surface area contributed by atoms with Gasteiger partial charge in [0.05, 0.1) is 25.2 Å². The molecule has 7 nitrogen and oxygen atoms in total. The standard InChI is InChI=1S/C23H27F2N5O2/c1-4-13-29(19(5-2)16(3)15-32-21-10-9-17(24)14-26-21)23(31)22-18(25)7-6-8-20(22)30-27-11-12-28-30/h6-12,14,16,19H,4-5,13,15H2,1-3H3. The molecule has 0 aliphatic heterocycles. The third-order valence-corrected chi connectivity index (χ3v) is 5.23. The molecule has 2 atom stereocenters. The summed E-state index contributed by atoms with van der Waals surface area (Å²) in [7, 11) is 0. The van der Waals surface area contributed by atoms with Crippen LogP contribution in [0.1, 0.15) is 44.0 Å². The number of benzene rings is 1. The minimum absolute atomic E-state index is 0.0658. The van der Waals surface area contributed by atoms with E-state index in [4.69, 9.17) is 4.74 Å². The fraction of sp³-hybridized carbons (Fsp3) is 0.391. The Morgan fingerprint density at radius 1 is 1.16 bits per heavy atom. The molecule has 0 radical (unpaired) electrons. The van der Waals surface area contributed by atoms with Crippen LogP contribution in [0.2, 0.25) is 0 Å². The number of carbonyl (C=O) groups is 1. The van der Waals surface area contributed by atoms with E-state index in [1.54, 1.807) is 11.0 Å². The molecule has 1 amide bonds. The molecular weight excluding hydrogens is 416 g/mol. The van der Waals surface area contributed by atoms with Crippen LogP contribution in [0.5, 0.6) is 5.88 Å². The average molecular weight is 443 g/mol. The lowest BCUT2D eigenvalue weighted by Crippen LogP contribution is -2.46. The van der Waals surface area contributed by atoms with E-state index in [1.165, 1.54) is 41.5 Å². The first kappa shape index (κ1) is 23.3. The monoisotopic (exact) mass is 443 g/mol. The van der Waals surface area contributed by atoms with Crippen molar-refractivity contribution in [3.63, 3.8) is 0 Å². The smallest absolute Gasteiger partial charge is 0.259 e. The fourth-order valence-electron chi connectivity index (χ4n) is 3.74. The first-order valence-corrected chi connectivity index (χ1v) is 10.7. The maximum atomic E-state index is 14.9. The minimum Gasteiger partial charge on any atom is -0.477 e. The van der Waals surface area contributed by atoms with E-state index in [9.17, 15) is 13.6 Å². The second-order valence-corrected chi connectivity index (χ2v) is 7.53. The summed E-state index contributed by atoms with van der Waals surface area (Å²) in [5, 5.41) is 8.12. The molecule has 170 valence electrons. The molecule has 0 N–H and O–H groups in total. The van der Waals surface area contributed by atoms with Gasteiger partial charge in [-0.1, -0.05) is 26.8 Å². The van der Waals surface area contributed by atoms with E-state index >= 15 is 0 Å². The van der Waals surface area contributed by atoms with Crippen molar-refractivity contribution in [2.75, 3.05) is 13.2 Å². The summed E-state index contributed by atoms with van der Waals surface area (Å²) in [5.74, 6) is -1.26. The zero-order chi connectivity index (χ0) is 23.1. The quantitative estimate of drug-likeness (QED) is 0.468. The molecule has 1 aromatic carbocycles. The molecule has 0 aliphatic carbocycles. The van der Waals surface area contributed by atoms with Crippen molar-refractivity contribution in [2.24, 2.45) is 5.92 Å². The summed E-state index contributed by atoms with van der Waals surface area (Å²) in [6.45, 7) is 6.63. The van der Waals surface area contributed by atoms with Gasteiger partial charge in [-0.05, 0) is 31.0 Å². The molecule has 0 aliphatic rings. The summed E-state index contributed by atoms with van der Waals surface area (Å²) in [5.41, 5.74) is 0.222. The molecule has 2 aromatic heterocycles. The second-order valence-electron chi connectivity index (χ2n) is 7.53. The number of halogens is 2. The SMILES string of the molecule is CCCN(C(=O)c1c(F)cccc1-n1nccn1)C(CC)C(C)COc1ccc(F)cn1. The first-order chi connectivity index (χ1) is 15.5. The van der Waals surface area contributed by atoms with Crippen molar-refractivity contribution in [1.29, 1.82) is 0 Å². The summed E-state index contributed by atoms with van der Waals surface area (Å²) >= 11 is 0. The molecule has 2 unspecified atom stereocenters. The zero-order valence-electron chi connectivity index (χ0n) is 18.4. The maximum Gasteiger partial charge on any atom is 0.259 e. The Labute approximate surface area is 186 Å². The maximum absolute atomic E-state index is 14.9. The molecule has 0 saturated carbocycles. The van der Waals surface area contributed by atoms with E-state index in [0.717, 1.165) is 6.20 Å². The summed E-state index contributed by atoms with van der Waals surface area (Å²) in [6.07, 6.45) is 5.39. The molecule has 32 heavy (non-hydrogen) atoms. The number of nitrogens with zero attached hydrogens (tertiary/aromatic N) is 5. The van der Waals surface area contributed by atoms with Gasteiger partial charge < -0.3 is 9.64 Å². The minimum atomic E-state index is -0.625. The van der Waals surface area contributed by atoms with E-state index in [2.05, 4.69) is 15.2 Å². The van der Waals surface area contributed by atoms with E-state index in [1.807, 2.05) is 20.8 Å². The number of amides is 1. The Hall–Kier alpha value is -3.36. The lowest BCUT2D eigenvalue weighted by atomic mass is 9.97. The van der Waals surface area contributed by atoms with E-state index < -0.39 is 17.5 Å². The highest BCUT2D eigenvalue weighted by Crippen LogP contribution is 2.24. The van der Waals surface area contributed by atoms with Crippen LogP contribution in [0, 0.1) is 17.6 Å². The van der Waals surface area contributed by atoms with Crippen molar-refractivity contribution in [3.8, 4) is 11.6 Å². The van der Waals surface area contributed by atoms with Gasteiger partial charge in [-0.25, -0.2) is 13.8 Å². The predicted molar refractivity (Wildman–Crippen MR) is 116 cm³/mol. The van der Waals surface area contributed by atoms with E-state index in [-0.39, 0.29) is 29.8 Å². The third-order valence-electron chi connectivity index (χ3n) is 5.23. The van der Waals surface area contributed by atoms with Gasteiger partial charge in [0.1, 0.15) is 22.9 Å². The Morgan fingerprint density at radius 2 is 1.91 bits per heavy atom. The van der Waals surface area contributed by atoms with Crippen LogP contribution in [-0.4, -0.2) is 50.0 Å². The van der Waals surface area contributed by atoms with Crippen LogP contribution >= 0.6 is 0 Å². The third kappa shape index (κ3) is 5.27. The second kappa shape index (κ2) is 10.8. The van der Waals surface area contributed by atoms with Crippen molar-refractivity contribution < 1.29 is 18.3 Å². The highest BCUT2D eigenvalue weighted by Gasteiger charge is 2.31. The molecule has 9 heteroatoms. The van der Waals surface area contributed by atoms with Gasteiger partial charge in [-0.15, -0.1) is 0 Å². The van der Waals surface area contributed by atoms with Crippen LogP contribution in [0.4, 0.5) is 8.78 Å². The number of ether oxygens (including phenoxy) is 1. The summed E-state index contributed by atoms with van der Waals surface area (Å²) in [4.78, 5) is 20.5. The number of carbonyl (C=O) groups excluding carboxylic acids is 1. The topological polar surface area (TPSA) is 73.1 Å². The summed E-state index contributed by atoms with van der Waals surface area (Å²) < 4.78 is 33.7. The van der Waals surface area contributed by atoms with Crippen LogP contribution < -0.4 is 4.74 Å². The first-order valence-electron chi connectivity index (χ1n) is 10.7. The molecule has 3 rings (SSSR count). The summed E-state index contributed by atoms with van der Waals surface area (Å²) in [6, 6.07) is 6.94. The predicted octanol–water partition coefficient (Wildman–Crippen LogP) is 4.29. The molecule has 0 fully saturated rings. The van der Waals surface area contributed by atoms with Crippen molar-refractivity contribution in [2.45, 2.75) is 39.7 Å². The highest BCUT2D eigenvalue weighted by atomic mass is 19.1. The Morgan fingerprint density at radius 3 is 2.53 bits per heavy atom. The number of rotatable bonds is 10. The highest BCUT2D eigenvalue weighted by molar-refractivity contribution is 5.98. The van der Waals surface area contributed by atoms with Gasteiger partial charge in [0, 0.05) is 24.6 Å². The van der Waals surface area contributed by atoms with Crippen LogP contribution in [0.25, 0.3) is 5.69 Å². The molecule has 3 aromatic rings. The van der Waals surface area contributed by atoms with Crippen molar-refractivity contribution in [3.05, 3.63) is 66.1 Å². The van der Waals surface area contributed by atoms with Crippen molar-refractivity contribution in [1.82, 2.24) is 24.9 Å². The lowest BCUT2D eigenvalue weighted by molar-refractivity contribution is 0.0556. The van der Waals surface area contributed by atoms with Gasteiger partial charge in [0.2, 0.25) is 5.88 Å². The van der Waals surface area contributed by atoms with E-state index in [0.29, 0.717) is 25.3 Å². The largest absolute Gasteiger partial charge is 0.477 e. The zero-order valence-corrected chi connectivity index (χ0v) is 18.4. The number of aromatic nitrogens is 4. The van der Waals surface area contributed by atoms with Crippen LogP contribution in [0.3, 0.4) is 0 Å². The van der Waals surface area contributed by atoms with Gasteiger partial charge in [-0.2, -0.15) is 15.0 Å². The molecule has 0 bridgehead atoms. The van der Waals surface area contributed by atoms with Crippen molar-refractivity contribution >= 4 is 5.91 Å². The van der Waals surface area contributed by atoms with Gasteiger partial charge in [0.15, 0.2) is 0 Å². The number of pyridine rings is 1. The number of hydrogen-bond donors (Lipinski definition) is 0. The van der Waals surface area contributed by atoms with Crippen LogP contribution in [0.15, 0.2) is 48.9 Å². The Kier molecular flexibility index (Phi) is 7.86.